The van der Waals surface area contributed by atoms with Gasteiger partial charge in [0, 0.05) is 29.8 Å². The Bertz CT molecular complexity index is 438. The summed E-state index contributed by atoms with van der Waals surface area (Å²) in [6.07, 6.45) is 2.38. The number of unbranched alkanes of at least 4 members (excludes halogenated alkanes) is 1. The molecule has 0 amide bonds. The molecule has 0 aliphatic carbocycles. The molecule has 0 bridgehead atoms. The van der Waals surface area contributed by atoms with E-state index < -0.39 is 4.92 Å². The smallest absolute Gasteiger partial charge is 0.270 e. The Morgan fingerprint density at radius 1 is 1.40 bits per heavy atom. The number of nitro benzene ring substituents is 1. The van der Waals surface area contributed by atoms with E-state index in [9.17, 15) is 10.1 Å². The van der Waals surface area contributed by atoms with Gasteiger partial charge in [-0.15, -0.1) is 0 Å². The number of halogens is 1. The van der Waals surface area contributed by atoms with Gasteiger partial charge in [0.25, 0.3) is 5.69 Å². The van der Waals surface area contributed by atoms with Gasteiger partial charge in [0.05, 0.1) is 11.0 Å². The van der Waals surface area contributed by atoms with Crippen molar-refractivity contribution in [3.63, 3.8) is 0 Å². The lowest BCUT2D eigenvalue weighted by molar-refractivity contribution is -0.384. The molecule has 0 aliphatic heterocycles. The molecule has 1 aromatic rings. The van der Waals surface area contributed by atoms with Gasteiger partial charge in [-0.2, -0.15) is 0 Å². The number of nitro groups is 1. The maximum atomic E-state index is 10.6. The molecule has 1 aromatic carbocycles. The van der Waals surface area contributed by atoms with E-state index in [-0.39, 0.29) is 5.69 Å². The molecule has 1 N–H and O–H groups in total. The minimum absolute atomic E-state index is 0.103. The Labute approximate surface area is 128 Å². The molecule has 0 aliphatic rings. The summed E-state index contributed by atoms with van der Waals surface area (Å²) in [4.78, 5) is 10.2. The first-order valence-corrected chi connectivity index (χ1v) is 7.55. The van der Waals surface area contributed by atoms with Crippen LogP contribution in [0.15, 0.2) is 22.7 Å². The molecule has 0 radical (unpaired) electrons. The zero-order valence-corrected chi connectivity index (χ0v) is 13.5. The van der Waals surface area contributed by atoms with Crippen LogP contribution in [0.25, 0.3) is 0 Å². The first kappa shape index (κ1) is 17.1. The summed E-state index contributed by atoms with van der Waals surface area (Å²) in [5.74, 6) is 0. The molecule has 0 unspecified atom stereocenters. The van der Waals surface area contributed by atoms with Crippen molar-refractivity contribution in [2.45, 2.75) is 39.3 Å². The van der Waals surface area contributed by atoms with Crippen LogP contribution in [0.1, 0.15) is 32.3 Å². The summed E-state index contributed by atoms with van der Waals surface area (Å²) in [6, 6.07) is 4.84. The predicted molar refractivity (Wildman–Crippen MR) is 82.8 cm³/mol. The quantitative estimate of drug-likeness (QED) is 0.421. The molecule has 0 spiro atoms. The lowest BCUT2D eigenvalue weighted by Crippen LogP contribution is -2.16. The van der Waals surface area contributed by atoms with Crippen LogP contribution >= 0.6 is 15.9 Å². The van der Waals surface area contributed by atoms with Crippen LogP contribution in [0.4, 0.5) is 5.69 Å². The van der Waals surface area contributed by atoms with Crippen LogP contribution in [-0.2, 0) is 11.3 Å². The van der Waals surface area contributed by atoms with E-state index >= 15 is 0 Å². The minimum atomic E-state index is -0.392. The Morgan fingerprint density at radius 3 is 2.75 bits per heavy atom. The lowest BCUT2D eigenvalue weighted by atomic mass is 10.2. The number of nitrogens with zero attached hydrogens (tertiary/aromatic N) is 1. The number of hydrogen-bond donors (Lipinski definition) is 1. The first-order valence-electron chi connectivity index (χ1n) is 6.76. The Balaban J connectivity index is 2.24. The van der Waals surface area contributed by atoms with Crippen molar-refractivity contribution in [2.75, 3.05) is 13.2 Å². The van der Waals surface area contributed by atoms with Crippen molar-refractivity contribution >= 4 is 21.6 Å². The number of hydrogen-bond acceptors (Lipinski definition) is 4. The predicted octanol–water partition coefficient (Wildman–Crippen LogP) is 3.65. The highest BCUT2D eigenvalue weighted by Crippen LogP contribution is 2.22. The lowest BCUT2D eigenvalue weighted by Gasteiger charge is -2.08. The highest BCUT2D eigenvalue weighted by atomic mass is 79.9. The monoisotopic (exact) mass is 344 g/mol. The fraction of sp³-hybridized carbons (Fsp3) is 0.571. The third kappa shape index (κ3) is 6.45. The van der Waals surface area contributed by atoms with Crippen molar-refractivity contribution in [1.82, 2.24) is 5.32 Å². The van der Waals surface area contributed by atoms with Crippen molar-refractivity contribution in [3.8, 4) is 0 Å². The van der Waals surface area contributed by atoms with Gasteiger partial charge in [0.1, 0.15) is 0 Å². The van der Waals surface area contributed by atoms with E-state index in [1.54, 1.807) is 6.07 Å². The molecule has 20 heavy (non-hydrogen) atoms. The topological polar surface area (TPSA) is 64.4 Å². The van der Waals surface area contributed by atoms with Gasteiger partial charge in [-0.3, -0.25) is 10.1 Å². The number of ether oxygens (including phenoxy) is 1. The molecule has 0 aromatic heterocycles. The summed E-state index contributed by atoms with van der Waals surface area (Å²) < 4.78 is 6.23. The highest BCUT2D eigenvalue weighted by Gasteiger charge is 2.08. The number of non-ortho nitro benzene ring substituents is 1. The van der Waals surface area contributed by atoms with Crippen molar-refractivity contribution in [2.24, 2.45) is 0 Å². The van der Waals surface area contributed by atoms with E-state index in [4.69, 9.17) is 4.74 Å². The second-order valence-electron chi connectivity index (χ2n) is 4.84. The molecule has 0 saturated heterocycles. The standard InChI is InChI=1S/C14H21BrN2O3/c1-11(2)20-8-4-3-7-16-10-12-5-6-13(17(18)19)9-14(12)15/h5-6,9,11,16H,3-4,7-8,10H2,1-2H3. The SMILES string of the molecule is CC(C)OCCCCNCc1ccc([N+](=O)[O-])cc1Br. The molecule has 1 rings (SSSR count). The molecule has 0 saturated carbocycles. The molecule has 5 nitrogen and oxygen atoms in total. The zero-order valence-electron chi connectivity index (χ0n) is 11.9. The molecule has 6 heteroatoms. The minimum Gasteiger partial charge on any atom is -0.379 e. The zero-order chi connectivity index (χ0) is 15.0. The van der Waals surface area contributed by atoms with E-state index in [0.717, 1.165) is 36.0 Å². The summed E-state index contributed by atoms with van der Waals surface area (Å²) >= 11 is 3.36. The maximum Gasteiger partial charge on any atom is 0.270 e. The Kier molecular flexibility index (Phi) is 7.72. The van der Waals surface area contributed by atoms with Gasteiger partial charge in [-0.25, -0.2) is 0 Å². The normalized spacial score (nSPS) is 11.0. The second-order valence-corrected chi connectivity index (χ2v) is 5.69. The molecular formula is C14H21BrN2O3. The maximum absolute atomic E-state index is 10.6. The third-order valence-electron chi connectivity index (χ3n) is 2.76. The van der Waals surface area contributed by atoms with Crippen molar-refractivity contribution in [1.29, 1.82) is 0 Å². The Hall–Kier alpha value is -0.980. The van der Waals surface area contributed by atoms with Crippen LogP contribution in [-0.4, -0.2) is 24.2 Å². The number of benzene rings is 1. The Morgan fingerprint density at radius 2 is 2.15 bits per heavy atom. The van der Waals surface area contributed by atoms with E-state index in [2.05, 4.69) is 21.2 Å². The molecular weight excluding hydrogens is 324 g/mol. The van der Waals surface area contributed by atoms with Crippen LogP contribution in [0.3, 0.4) is 0 Å². The van der Waals surface area contributed by atoms with Crippen LogP contribution in [0, 0.1) is 10.1 Å². The van der Waals surface area contributed by atoms with Gasteiger partial charge in [0.15, 0.2) is 0 Å². The average Bonchev–Trinajstić information content (AvgIpc) is 2.38. The van der Waals surface area contributed by atoms with E-state index in [1.165, 1.54) is 12.1 Å². The molecule has 112 valence electrons. The summed E-state index contributed by atoms with van der Waals surface area (Å²) in [5, 5.41) is 14.0. The van der Waals surface area contributed by atoms with Crippen LogP contribution in [0.5, 0.6) is 0 Å². The number of nitrogens with one attached hydrogen (secondary N) is 1. The second kappa shape index (κ2) is 9.05. The summed E-state index contributed by atoms with van der Waals surface area (Å²) in [7, 11) is 0. The molecule has 0 atom stereocenters. The summed E-state index contributed by atoms with van der Waals surface area (Å²) in [6.45, 7) is 6.46. The van der Waals surface area contributed by atoms with E-state index in [1.807, 2.05) is 13.8 Å². The largest absolute Gasteiger partial charge is 0.379 e. The van der Waals surface area contributed by atoms with Crippen molar-refractivity contribution in [3.05, 3.63) is 38.3 Å². The van der Waals surface area contributed by atoms with Crippen LogP contribution < -0.4 is 5.32 Å². The number of rotatable bonds is 9. The van der Waals surface area contributed by atoms with Gasteiger partial charge >= 0.3 is 0 Å². The first-order chi connectivity index (χ1) is 9.50. The third-order valence-corrected chi connectivity index (χ3v) is 3.50. The van der Waals surface area contributed by atoms with Crippen molar-refractivity contribution < 1.29 is 9.66 Å². The summed E-state index contributed by atoms with van der Waals surface area (Å²) in [5.41, 5.74) is 1.13. The van der Waals surface area contributed by atoms with Gasteiger partial charge in [-0.05, 0) is 44.9 Å². The molecule has 0 heterocycles. The van der Waals surface area contributed by atoms with Gasteiger partial charge in [-0.1, -0.05) is 15.9 Å². The van der Waals surface area contributed by atoms with Crippen LogP contribution in [0.2, 0.25) is 0 Å². The van der Waals surface area contributed by atoms with E-state index in [0.29, 0.717) is 12.6 Å². The van der Waals surface area contributed by atoms with Gasteiger partial charge < -0.3 is 10.1 Å². The average molecular weight is 345 g/mol. The fourth-order valence-corrected chi connectivity index (χ4v) is 2.19. The highest BCUT2D eigenvalue weighted by molar-refractivity contribution is 9.10. The molecule has 0 fully saturated rings. The van der Waals surface area contributed by atoms with Gasteiger partial charge in [0.2, 0.25) is 0 Å². The fourth-order valence-electron chi connectivity index (χ4n) is 1.69.